The fourth-order valence-corrected chi connectivity index (χ4v) is 5.29. The minimum absolute atomic E-state index is 0.170. The molecule has 0 spiro atoms. The summed E-state index contributed by atoms with van der Waals surface area (Å²) in [6, 6.07) is 6.13. The van der Waals surface area contributed by atoms with Gasteiger partial charge < -0.3 is 9.47 Å². The van der Waals surface area contributed by atoms with Gasteiger partial charge in [-0.25, -0.2) is 9.97 Å². The summed E-state index contributed by atoms with van der Waals surface area (Å²) in [7, 11) is 0. The Kier molecular flexibility index (Phi) is 5.75. The van der Waals surface area contributed by atoms with Crippen LogP contribution in [0.5, 0.6) is 0 Å². The van der Waals surface area contributed by atoms with Gasteiger partial charge in [-0.3, -0.25) is 4.79 Å². The van der Waals surface area contributed by atoms with E-state index in [4.69, 9.17) is 4.98 Å². The van der Waals surface area contributed by atoms with Gasteiger partial charge in [0.15, 0.2) is 0 Å². The summed E-state index contributed by atoms with van der Waals surface area (Å²) in [5, 5.41) is 0. The summed E-state index contributed by atoms with van der Waals surface area (Å²) in [5.41, 5.74) is 2.64. The lowest BCUT2D eigenvalue weighted by molar-refractivity contribution is 0.194. The molecule has 0 radical (unpaired) electrons. The van der Waals surface area contributed by atoms with E-state index in [1.165, 1.54) is 17.7 Å². The first-order valence-electron chi connectivity index (χ1n) is 11.3. The molecule has 2 aliphatic rings. The third kappa shape index (κ3) is 3.96. The standard InChI is InChI=1S/C24H34N4O/c1-5-7-18-13-25-17(4)26-24(18)27-14-19-12-20(15-27)22(11-10-16(2)3)28-21(19)8-6-9-23(28)29/h6,8-9,13,16,19-20,22H,5,7,10-12,14-15H2,1-4H3/t19-,20+,22+/m1/s1. The van der Waals surface area contributed by atoms with Gasteiger partial charge in [0.1, 0.15) is 11.6 Å². The lowest BCUT2D eigenvalue weighted by Gasteiger charge is -2.48. The zero-order valence-corrected chi connectivity index (χ0v) is 18.3. The molecule has 3 atom stereocenters. The van der Waals surface area contributed by atoms with Gasteiger partial charge in [0, 0.05) is 48.6 Å². The van der Waals surface area contributed by atoms with Crippen LogP contribution >= 0.6 is 0 Å². The predicted octanol–water partition coefficient (Wildman–Crippen LogP) is 4.50. The van der Waals surface area contributed by atoms with E-state index in [1.807, 2.05) is 19.2 Å². The normalized spacial score (nSPS) is 23.3. The molecule has 2 bridgehead atoms. The molecule has 2 aromatic heterocycles. The molecule has 29 heavy (non-hydrogen) atoms. The summed E-state index contributed by atoms with van der Waals surface area (Å²) in [5.74, 6) is 3.48. The van der Waals surface area contributed by atoms with Gasteiger partial charge in [-0.1, -0.05) is 33.3 Å². The largest absolute Gasteiger partial charge is 0.355 e. The summed E-state index contributed by atoms with van der Waals surface area (Å²) in [6.45, 7) is 10.6. The molecule has 4 rings (SSSR count). The zero-order valence-electron chi connectivity index (χ0n) is 18.3. The van der Waals surface area contributed by atoms with E-state index in [0.29, 0.717) is 17.8 Å². The second-order valence-electron chi connectivity index (χ2n) is 9.31. The number of pyridine rings is 1. The van der Waals surface area contributed by atoms with Gasteiger partial charge >= 0.3 is 0 Å². The van der Waals surface area contributed by atoms with Crippen LogP contribution in [-0.2, 0) is 6.42 Å². The maximum absolute atomic E-state index is 12.8. The van der Waals surface area contributed by atoms with Crippen molar-refractivity contribution in [3.05, 3.63) is 51.8 Å². The highest BCUT2D eigenvalue weighted by Crippen LogP contribution is 2.44. The Morgan fingerprint density at radius 2 is 2.07 bits per heavy atom. The van der Waals surface area contributed by atoms with Gasteiger partial charge in [-0.15, -0.1) is 0 Å². The Bertz CT molecular complexity index is 919. The molecule has 1 saturated heterocycles. The molecule has 1 fully saturated rings. The van der Waals surface area contributed by atoms with Crippen molar-refractivity contribution in [3.63, 3.8) is 0 Å². The average Bonchev–Trinajstić information content (AvgIpc) is 2.69. The maximum atomic E-state index is 12.8. The van der Waals surface area contributed by atoms with E-state index in [9.17, 15) is 4.79 Å². The van der Waals surface area contributed by atoms with E-state index in [0.717, 1.165) is 50.4 Å². The number of fused-ring (bicyclic) bond motifs is 4. The Morgan fingerprint density at radius 1 is 1.24 bits per heavy atom. The molecule has 5 heteroatoms. The molecule has 0 N–H and O–H groups in total. The first-order valence-corrected chi connectivity index (χ1v) is 11.3. The van der Waals surface area contributed by atoms with Gasteiger partial charge in [0.25, 0.3) is 5.56 Å². The summed E-state index contributed by atoms with van der Waals surface area (Å²) in [6.07, 6.45) is 7.52. The molecular formula is C24H34N4O. The SMILES string of the molecule is CCCc1cnc(C)nc1N1C[C@H]2C[C@@H](C1)[C@H](CCC(C)C)n1c2cccc1=O. The predicted molar refractivity (Wildman–Crippen MR) is 118 cm³/mol. The van der Waals surface area contributed by atoms with E-state index < -0.39 is 0 Å². The van der Waals surface area contributed by atoms with Crippen LogP contribution in [0.2, 0.25) is 0 Å². The summed E-state index contributed by atoms with van der Waals surface area (Å²) in [4.78, 5) is 24.6. The molecule has 2 aromatic rings. The smallest absolute Gasteiger partial charge is 0.250 e. The number of rotatable bonds is 6. The minimum Gasteiger partial charge on any atom is -0.355 e. The van der Waals surface area contributed by atoms with Crippen LogP contribution in [0.3, 0.4) is 0 Å². The molecule has 0 aliphatic carbocycles. The van der Waals surface area contributed by atoms with Crippen LogP contribution in [0.25, 0.3) is 0 Å². The Balaban J connectivity index is 1.72. The van der Waals surface area contributed by atoms with Crippen LogP contribution in [0, 0.1) is 18.8 Å². The summed E-state index contributed by atoms with van der Waals surface area (Å²) >= 11 is 0. The first-order chi connectivity index (χ1) is 14.0. The third-order valence-corrected chi connectivity index (χ3v) is 6.62. The topological polar surface area (TPSA) is 51.0 Å². The van der Waals surface area contributed by atoms with Crippen molar-refractivity contribution >= 4 is 5.82 Å². The molecule has 2 aliphatic heterocycles. The molecule has 0 saturated carbocycles. The molecule has 0 aromatic carbocycles. The molecule has 0 unspecified atom stereocenters. The second kappa shape index (κ2) is 8.29. The fraction of sp³-hybridized carbons (Fsp3) is 0.625. The van der Waals surface area contributed by atoms with Gasteiger partial charge in [-0.05, 0) is 50.5 Å². The lowest BCUT2D eigenvalue weighted by Crippen LogP contribution is -2.50. The monoisotopic (exact) mass is 394 g/mol. The van der Waals surface area contributed by atoms with Crippen molar-refractivity contribution in [1.82, 2.24) is 14.5 Å². The molecule has 5 nitrogen and oxygen atoms in total. The van der Waals surface area contributed by atoms with Crippen molar-refractivity contribution in [1.29, 1.82) is 0 Å². The highest BCUT2D eigenvalue weighted by atomic mass is 16.1. The molecule has 4 heterocycles. The zero-order chi connectivity index (χ0) is 20.5. The van der Waals surface area contributed by atoms with Crippen molar-refractivity contribution in [2.75, 3.05) is 18.0 Å². The van der Waals surface area contributed by atoms with Crippen LogP contribution in [0.15, 0.2) is 29.2 Å². The number of nitrogens with zero attached hydrogens (tertiary/aromatic N) is 4. The lowest BCUT2D eigenvalue weighted by atomic mass is 9.76. The quantitative estimate of drug-likeness (QED) is 0.724. The highest BCUT2D eigenvalue weighted by molar-refractivity contribution is 5.48. The van der Waals surface area contributed by atoms with Crippen molar-refractivity contribution in [2.45, 2.75) is 71.8 Å². The van der Waals surface area contributed by atoms with Crippen molar-refractivity contribution in [3.8, 4) is 0 Å². The molecular weight excluding hydrogens is 360 g/mol. The number of hydrogen-bond donors (Lipinski definition) is 0. The Labute approximate surface area is 174 Å². The first kappa shape index (κ1) is 20.1. The Morgan fingerprint density at radius 3 is 2.83 bits per heavy atom. The second-order valence-corrected chi connectivity index (χ2v) is 9.31. The van der Waals surface area contributed by atoms with Gasteiger partial charge in [0.2, 0.25) is 0 Å². The third-order valence-electron chi connectivity index (χ3n) is 6.62. The van der Waals surface area contributed by atoms with E-state index in [2.05, 4.69) is 41.3 Å². The fourth-order valence-electron chi connectivity index (χ4n) is 5.29. The van der Waals surface area contributed by atoms with Crippen LogP contribution in [-0.4, -0.2) is 27.6 Å². The number of aryl methyl sites for hydroxylation is 2. The average molecular weight is 395 g/mol. The van der Waals surface area contributed by atoms with E-state index in [1.54, 1.807) is 6.07 Å². The highest BCUT2D eigenvalue weighted by Gasteiger charge is 2.41. The van der Waals surface area contributed by atoms with Crippen molar-refractivity contribution in [2.24, 2.45) is 11.8 Å². The van der Waals surface area contributed by atoms with Crippen LogP contribution in [0.1, 0.15) is 75.5 Å². The Hall–Kier alpha value is -2.17. The van der Waals surface area contributed by atoms with Gasteiger partial charge in [-0.2, -0.15) is 0 Å². The van der Waals surface area contributed by atoms with Crippen LogP contribution < -0.4 is 10.5 Å². The number of aromatic nitrogens is 3. The van der Waals surface area contributed by atoms with Crippen molar-refractivity contribution < 1.29 is 0 Å². The maximum Gasteiger partial charge on any atom is 0.250 e. The number of anilines is 1. The van der Waals surface area contributed by atoms with Gasteiger partial charge in [0.05, 0.1) is 0 Å². The van der Waals surface area contributed by atoms with E-state index >= 15 is 0 Å². The molecule has 0 amide bonds. The number of piperidine rings is 1. The van der Waals surface area contributed by atoms with Crippen LogP contribution in [0.4, 0.5) is 5.82 Å². The van der Waals surface area contributed by atoms with E-state index in [-0.39, 0.29) is 11.6 Å². The minimum atomic E-state index is 0.170. The summed E-state index contributed by atoms with van der Waals surface area (Å²) < 4.78 is 2.14. The molecule has 156 valence electrons. The number of hydrogen-bond acceptors (Lipinski definition) is 4.